The molecule has 5 nitrogen and oxygen atoms in total. The number of nitrogens with one attached hydrogen (secondary N) is 2. The summed E-state index contributed by atoms with van der Waals surface area (Å²) < 4.78 is 1.75. The van der Waals surface area contributed by atoms with Crippen molar-refractivity contribution in [3.05, 3.63) is 52.3 Å². The minimum Gasteiger partial charge on any atom is -0.364 e. The molecule has 1 heterocycles. The molecule has 1 aromatic heterocycles. The fraction of sp³-hybridized carbons (Fsp3) is 0.214. The van der Waals surface area contributed by atoms with Gasteiger partial charge in [0.05, 0.1) is 24.0 Å². The van der Waals surface area contributed by atoms with Crippen LogP contribution >= 0.6 is 23.8 Å². The third kappa shape index (κ3) is 4.03. The van der Waals surface area contributed by atoms with Gasteiger partial charge in [0.1, 0.15) is 5.15 Å². The summed E-state index contributed by atoms with van der Waals surface area (Å²) in [5.41, 5.74) is 5.42. The molecule has 0 saturated carbocycles. The molecule has 7 heteroatoms. The van der Waals surface area contributed by atoms with Gasteiger partial charge in [-0.2, -0.15) is 10.2 Å². The quantitative estimate of drug-likeness (QED) is 0.515. The van der Waals surface area contributed by atoms with Gasteiger partial charge in [-0.25, -0.2) is 4.68 Å². The summed E-state index contributed by atoms with van der Waals surface area (Å²) in [6.07, 6.45) is 1.62. The summed E-state index contributed by atoms with van der Waals surface area (Å²) in [6, 6.07) is 10.0. The molecular formula is C14H16ClN5S. The van der Waals surface area contributed by atoms with Crippen LogP contribution in [0.1, 0.15) is 16.8 Å². The van der Waals surface area contributed by atoms with Crippen LogP contribution in [0.25, 0.3) is 0 Å². The highest BCUT2D eigenvalue weighted by Gasteiger charge is 2.11. The molecule has 0 aliphatic heterocycles. The maximum atomic E-state index is 6.36. The number of nitrogens with zero attached hydrogens (tertiary/aromatic N) is 3. The van der Waals surface area contributed by atoms with E-state index in [4.69, 9.17) is 23.8 Å². The minimum absolute atomic E-state index is 0.441. The predicted molar refractivity (Wildman–Crippen MR) is 89.9 cm³/mol. The first-order chi connectivity index (χ1) is 10.1. The summed E-state index contributed by atoms with van der Waals surface area (Å²) in [6.45, 7) is 2.52. The van der Waals surface area contributed by atoms with Gasteiger partial charge in [0.15, 0.2) is 5.11 Å². The van der Waals surface area contributed by atoms with Gasteiger partial charge in [-0.05, 0) is 24.7 Å². The lowest BCUT2D eigenvalue weighted by atomic mass is 10.2. The van der Waals surface area contributed by atoms with Crippen molar-refractivity contribution in [2.75, 3.05) is 7.05 Å². The van der Waals surface area contributed by atoms with Crippen molar-refractivity contribution in [3.63, 3.8) is 0 Å². The number of rotatable bonds is 4. The van der Waals surface area contributed by atoms with Crippen molar-refractivity contribution >= 4 is 35.1 Å². The topological polar surface area (TPSA) is 54.2 Å². The van der Waals surface area contributed by atoms with Gasteiger partial charge in [-0.1, -0.05) is 41.9 Å². The standard InChI is InChI=1S/C14H16ClN5S/c1-10-12(8-17-18-14(21)16-2)13(15)20(19-10)9-11-6-4-3-5-7-11/h3-8H,9H2,1-2H3,(H2,16,18,21). The average molecular weight is 322 g/mol. The molecular weight excluding hydrogens is 306 g/mol. The van der Waals surface area contributed by atoms with Crippen LogP contribution in [0.5, 0.6) is 0 Å². The summed E-state index contributed by atoms with van der Waals surface area (Å²) in [7, 11) is 1.72. The Balaban J connectivity index is 2.16. The van der Waals surface area contributed by atoms with E-state index in [0.29, 0.717) is 16.8 Å². The molecule has 0 radical (unpaired) electrons. The fourth-order valence-electron chi connectivity index (χ4n) is 1.79. The Kier molecular flexibility index (Phi) is 5.30. The molecule has 0 aliphatic carbocycles. The Hall–Kier alpha value is -1.92. The molecule has 2 aromatic rings. The highest BCUT2D eigenvalue weighted by Crippen LogP contribution is 2.19. The number of aromatic nitrogens is 2. The van der Waals surface area contributed by atoms with Crippen molar-refractivity contribution < 1.29 is 0 Å². The molecule has 2 rings (SSSR count). The van der Waals surface area contributed by atoms with E-state index >= 15 is 0 Å². The van der Waals surface area contributed by atoms with Crippen LogP contribution in [0, 0.1) is 6.92 Å². The third-order valence-corrected chi connectivity index (χ3v) is 3.57. The molecule has 0 bridgehead atoms. The van der Waals surface area contributed by atoms with Crippen molar-refractivity contribution in [1.82, 2.24) is 20.5 Å². The molecule has 0 aliphatic rings. The lowest BCUT2D eigenvalue weighted by Gasteiger charge is -2.03. The van der Waals surface area contributed by atoms with E-state index in [2.05, 4.69) is 20.9 Å². The molecule has 110 valence electrons. The number of aryl methyl sites for hydroxylation is 1. The van der Waals surface area contributed by atoms with Crippen LogP contribution in [-0.4, -0.2) is 28.2 Å². The van der Waals surface area contributed by atoms with E-state index in [9.17, 15) is 0 Å². The van der Waals surface area contributed by atoms with Crippen LogP contribution in [0.3, 0.4) is 0 Å². The van der Waals surface area contributed by atoms with Crippen molar-refractivity contribution in [1.29, 1.82) is 0 Å². The van der Waals surface area contributed by atoms with E-state index in [-0.39, 0.29) is 0 Å². The Morgan fingerprint density at radius 3 is 2.81 bits per heavy atom. The predicted octanol–water partition coefficient (Wildman–Crippen LogP) is 2.32. The SMILES string of the molecule is CNC(=S)NN=Cc1c(C)nn(Cc2ccccc2)c1Cl. The maximum Gasteiger partial charge on any atom is 0.186 e. The molecule has 0 unspecified atom stereocenters. The minimum atomic E-state index is 0.441. The molecule has 0 fully saturated rings. The zero-order chi connectivity index (χ0) is 15.2. The summed E-state index contributed by atoms with van der Waals surface area (Å²) in [4.78, 5) is 0. The van der Waals surface area contributed by atoms with E-state index < -0.39 is 0 Å². The zero-order valence-corrected chi connectivity index (χ0v) is 13.4. The number of hydrogen-bond donors (Lipinski definition) is 2. The summed E-state index contributed by atoms with van der Waals surface area (Å²) in [5, 5.41) is 12.2. The number of hydrazone groups is 1. The lowest BCUT2D eigenvalue weighted by Crippen LogP contribution is -2.28. The molecule has 21 heavy (non-hydrogen) atoms. The molecule has 1 aromatic carbocycles. The first-order valence-electron chi connectivity index (χ1n) is 6.39. The van der Waals surface area contributed by atoms with Crippen LogP contribution in [0.15, 0.2) is 35.4 Å². The van der Waals surface area contributed by atoms with E-state index in [1.807, 2.05) is 37.3 Å². The first-order valence-corrected chi connectivity index (χ1v) is 7.18. The molecule has 0 saturated heterocycles. The molecule has 0 amide bonds. The van der Waals surface area contributed by atoms with Gasteiger partial charge in [0.25, 0.3) is 0 Å². The van der Waals surface area contributed by atoms with Crippen LogP contribution < -0.4 is 10.7 Å². The third-order valence-electron chi connectivity index (χ3n) is 2.87. The average Bonchev–Trinajstić information content (AvgIpc) is 2.75. The van der Waals surface area contributed by atoms with Gasteiger partial charge in [0, 0.05) is 7.05 Å². The van der Waals surface area contributed by atoms with Crippen molar-refractivity contribution in [3.8, 4) is 0 Å². The summed E-state index contributed by atoms with van der Waals surface area (Å²) >= 11 is 11.3. The summed E-state index contributed by atoms with van der Waals surface area (Å²) in [5.74, 6) is 0. The fourth-order valence-corrected chi connectivity index (χ4v) is 2.12. The Morgan fingerprint density at radius 1 is 1.43 bits per heavy atom. The molecule has 0 spiro atoms. The Bertz CT molecular complexity index is 651. The van der Waals surface area contributed by atoms with Crippen LogP contribution in [0.4, 0.5) is 0 Å². The van der Waals surface area contributed by atoms with Gasteiger partial charge in [0.2, 0.25) is 0 Å². The molecule has 2 N–H and O–H groups in total. The Labute approximate surface area is 134 Å². The number of halogens is 1. The second-order valence-electron chi connectivity index (χ2n) is 4.38. The van der Waals surface area contributed by atoms with E-state index in [1.165, 1.54) is 0 Å². The largest absolute Gasteiger partial charge is 0.364 e. The van der Waals surface area contributed by atoms with Crippen molar-refractivity contribution in [2.24, 2.45) is 5.10 Å². The zero-order valence-electron chi connectivity index (χ0n) is 11.8. The highest BCUT2D eigenvalue weighted by molar-refractivity contribution is 7.80. The van der Waals surface area contributed by atoms with Crippen LogP contribution in [0.2, 0.25) is 5.15 Å². The van der Waals surface area contributed by atoms with Gasteiger partial charge < -0.3 is 5.32 Å². The van der Waals surface area contributed by atoms with Gasteiger partial charge >= 0.3 is 0 Å². The normalized spacial score (nSPS) is 10.8. The lowest BCUT2D eigenvalue weighted by molar-refractivity contribution is 0.680. The Morgan fingerprint density at radius 2 is 2.14 bits per heavy atom. The van der Waals surface area contributed by atoms with Gasteiger partial charge in [-0.15, -0.1) is 0 Å². The smallest absolute Gasteiger partial charge is 0.186 e. The maximum absolute atomic E-state index is 6.36. The van der Waals surface area contributed by atoms with E-state index in [0.717, 1.165) is 16.8 Å². The second kappa shape index (κ2) is 7.19. The van der Waals surface area contributed by atoms with Crippen molar-refractivity contribution in [2.45, 2.75) is 13.5 Å². The van der Waals surface area contributed by atoms with E-state index in [1.54, 1.807) is 17.9 Å². The highest BCUT2D eigenvalue weighted by atomic mass is 35.5. The van der Waals surface area contributed by atoms with Crippen LogP contribution in [-0.2, 0) is 6.54 Å². The first kappa shape index (κ1) is 15.5. The number of hydrogen-bond acceptors (Lipinski definition) is 3. The monoisotopic (exact) mass is 321 g/mol. The second-order valence-corrected chi connectivity index (χ2v) is 5.15. The van der Waals surface area contributed by atoms with Gasteiger partial charge in [-0.3, -0.25) is 5.43 Å². The number of benzene rings is 1. The number of thiocarbonyl (C=S) groups is 1. The molecule has 0 atom stereocenters.